The number of rotatable bonds is 6. The van der Waals surface area contributed by atoms with Crippen molar-refractivity contribution < 1.29 is 4.74 Å². The third-order valence-corrected chi connectivity index (χ3v) is 3.08. The average molecular weight is 250 g/mol. The van der Waals surface area contributed by atoms with Crippen LogP contribution >= 0.6 is 0 Å². The second-order valence-corrected chi connectivity index (χ2v) is 4.48. The van der Waals surface area contributed by atoms with Crippen LogP contribution in [0, 0.1) is 0 Å². The van der Waals surface area contributed by atoms with E-state index < -0.39 is 0 Å². The van der Waals surface area contributed by atoms with Crippen LogP contribution in [0.1, 0.15) is 26.2 Å². The summed E-state index contributed by atoms with van der Waals surface area (Å²) < 4.78 is 5.34. The number of nitrogens with zero attached hydrogens (tertiary/aromatic N) is 3. The first-order valence-electron chi connectivity index (χ1n) is 6.80. The first kappa shape index (κ1) is 13.1. The van der Waals surface area contributed by atoms with Crippen LogP contribution in [0.25, 0.3) is 0 Å². The smallest absolute Gasteiger partial charge is 0.225 e. The van der Waals surface area contributed by atoms with E-state index >= 15 is 0 Å². The van der Waals surface area contributed by atoms with Crippen LogP contribution in [0.3, 0.4) is 0 Å². The number of ether oxygens (including phenoxy) is 1. The van der Waals surface area contributed by atoms with Gasteiger partial charge in [-0.05, 0) is 32.9 Å². The molecule has 1 fully saturated rings. The summed E-state index contributed by atoms with van der Waals surface area (Å²) in [5.41, 5.74) is 0. The monoisotopic (exact) mass is 250 g/mol. The lowest BCUT2D eigenvalue weighted by molar-refractivity contribution is 0.237. The van der Waals surface area contributed by atoms with Gasteiger partial charge in [-0.1, -0.05) is 6.42 Å². The minimum absolute atomic E-state index is 0.629. The molecule has 0 aromatic carbocycles. The summed E-state index contributed by atoms with van der Waals surface area (Å²) in [4.78, 5) is 11.0. The van der Waals surface area contributed by atoms with Gasteiger partial charge in [0.05, 0.1) is 6.61 Å². The average Bonchev–Trinajstić information content (AvgIpc) is 2.41. The van der Waals surface area contributed by atoms with Crippen molar-refractivity contribution in [3.05, 3.63) is 12.3 Å². The third kappa shape index (κ3) is 4.14. The zero-order chi connectivity index (χ0) is 12.6. The number of piperidine rings is 1. The summed E-state index contributed by atoms with van der Waals surface area (Å²) >= 11 is 0. The van der Waals surface area contributed by atoms with E-state index in [0.29, 0.717) is 18.4 Å². The number of likely N-dealkylation sites (tertiary alicyclic amines) is 1. The topological polar surface area (TPSA) is 50.3 Å². The Labute approximate surface area is 109 Å². The standard InChI is InChI=1S/C13H22N4O/c1-2-18-12-6-7-14-13(16-12)15-8-11-17-9-4-3-5-10-17/h6-7H,2-5,8-11H2,1H3,(H,14,15,16). The number of nitrogens with one attached hydrogen (secondary N) is 1. The van der Waals surface area contributed by atoms with Crippen molar-refractivity contribution in [2.24, 2.45) is 0 Å². The molecule has 1 N–H and O–H groups in total. The summed E-state index contributed by atoms with van der Waals surface area (Å²) in [6, 6.07) is 1.78. The molecule has 0 saturated carbocycles. The van der Waals surface area contributed by atoms with Gasteiger partial charge in [0.1, 0.15) is 0 Å². The second-order valence-electron chi connectivity index (χ2n) is 4.48. The highest BCUT2D eigenvalue weighted by Crippen LogP contribution is 2.09. The summed E-state index contributed by atoms with van der Waals surface area (Å²) in [5, 5.41) is 3.25. The number of aromatic nitrogens is 2. The molecule has 0 radical (unpaired) electrons. The van der Waals surface area contributed by atoms with Crippen molar-refractivity contribution in [1.82, 2.24) is 14.9 Å². The predicted molar refractivity (Wildman–Crippen MR) is 72.0 cm³/mol. The van der Waals surface area contributed by atoms with E-state index in [2.05, 4.69) is 20.2 Å². The maximum Gasteiger partial charge on any atom is 0.225 e. The van der Waals surface area contributed by atoms with Gasteiger partial charge in [0.2, 0.25) is 11.8 Å². The highest BCUT2D eigenvalue weighted by atomic mass is 16.5. The van der Waals surface area contributed by atoms with Crippen molar-refractivity contribution in [2.75, 3.05) is 38.1 Å². The van der Waals surface area contributed by atoms with Crippen LogP contribution in [0.5, 0.6) is 5.88 Å². The molecular weight excluding hydrogens is 228 g/mol. The summed E-state index contributed by atoms with van der Waals surface area (Å²) in [6.07, 6.45) is 5.76. The zero-order valence-corrected chi connectivity index (χ0v) is 11.1. The van der Waals surface area contributed by atoms with Gasteiger partial charge in [0.25, 0.3) is 0 Å². The Kier molecular flexibility index (Phi) is 5.20. The van der Waals surface area contributed by atoms with Crippen molar-refractivity contribution in [2.45, 2.75) is 26.2 Å². The lowest BCUT2D eigenvalue weighted by Gasteiger charge is -2.26. The summed E-state index contributed by atoms with van der Waals surface area (Å²) in [7, 11) is 0. The SMILES string of the molecule is CCOc1ccnc(NCCN2CCCCC2)n1. The minimum Gasteiger partial charge on any atom is -0.478 e. The lowest BCUT2D eigenvalue weighted by Crippen LogP contribution is -2.33. The molecule has 2 rings (SSSR count). The maximum atomic E-state index is 5.34. The van der Waals surface area contributed by atoms with Gasteiger partial charge < -0.3 is 15.0 Å². The molecule has 1 aromatic rings. The molecule has 0 bridgehead atoms. The van der Waals surface area contributed by atoms with Crippen molar-refractivity contribution >= 4 is 5.95 Å². The van der Waals surface area contributed by atoms with Gasteiger partial charge in [-0.15, -0.1) is 0 Å². The highest BCUT2D eigenvalue weighted by Gasteiger charge is 2.09. The number of hydrogen-bond acceptors (Lipinski definition) is 5. The van der Waals surface area contributed by atoms with Crippen LogP contribution in [0.15, 0.2) is 12.3 Å². The van der Waals surface area contributed by atoms with Crippen molar-refractivity contribution in [3.8, 4) is 5.88 Å². The second kappa shape index (κ2) is 7.16. The predicted octanol–water partition coefficient (Wildman–Crippen LogP) is 1.77. The van der Waals surface area contributed by atoms with Gasteiger partial charge in [0.15, 0.2) is 0 Å². The Bertz CT molecular complexity index is 353. The molecule has 0 atom stereocenters. The van der Waals surface area contributed by atoms with Crippen LogP contribution < -0.4 is 10.1 Å². The van der Waals surface area contributed by atoms with Crippen LogP contribution in [0.4, 0.5) is 5.95 Å². The molecule has 0 amide bonds. The molecule has 2 heterocycles. The molecule has 0 unspecified atom stereocenters. The minimum atomic E-state index is 0.629. The summed E-state index contributed by atoms with van der Waals surface area (Å²) in [6.45, 7) is 6.97. The van der Waals surface area contributed by atoms with Gasteiger partial charge in [-0.2, -0.15) is 4.98 Å². The highest BCUT2D eigenvalue weighted by molar-refractivity contribution is 5.27. The van der Waals surface area contributed by atoms with E-state index in [1.165, 1.54) is 32.4 Å². The molecule has 1 saturated heterocycles. The Morgan fingerprint density at radius 3 is 2.94 bits per heavy atom. The lowest BCUT2D eigenvalue weighted by atomic mass is 10.1. The Hall–Kier alpha value is -1.36. The number of hydrogen-bond donors (Lipinski definition) is 1. The molecule has 100 valence electrons. The van der Waals surface area contributed by atoms with Crippen LogP contribution in [0.2, 0.25) is 0 Å². The first-order chi connectivity index (χ1) is 8.88. The number of anilines is 1. The van der Waals surface area contributed by atoms with E-state index in [0.717, 1.165) is 13.1 Å². The molecular formula is C13H22N4O. The van der Waals surface area contributed by atoms with E-state index in [9.17, 15) is 0 Å². The Morgan fingerprint density at radius 2 is 2.17 bits per heavy atom. The van der Waals surface area contributed by atoms with Gasteiger partial charge >= 0.3 is 0 Å². The summed E-state index contributed by atoms with van der Waals surface area (Å²) in [5.74, 6) is 1.28. The zero-order valence-electron chi connectivity index (χ0n) is 11.1. The quantitative estimate of drug-likeness (QED) is 0.834. The molecule has 18 heavy (non-hydrogen) atoms. The molecule has 5 heteroatoms. The maximum absolute atomic E-state index is 5.34. The van der Waals surface area contributed by atoms with Crippen LogP contribution in [-0.2, 0) is 0 Å². The van der Waals surface area contributed by atoms with E-state index in [4.69, 9.17) is 4.74 Å². The van der Waals surface area contributed by atoms with E-state index in [-0.39, 0.29) is 0 Å². The molecule has 0 aliphatic carbocycles. The first-order valence-corrected chi connectivity index (χ1v) is 6.80. The molecule has 1 aromatic heterocycles. The molecule has 5 nitrogen and oxygen atoms in total. The van der Waals surface area contributed by atoms with E-state index in [1.54, 1.807) is 12.3 Å². The molecule has 0 spiro atoms. The fourth-order valence-electron chi connectivity index (χ4n) is 2.16. The van der Waals surface area contributed by atoms with E-state index in [1.807, 2.05) is 6.92 Å². The Balaban J connectivity index is 1.73. The van der Waals surface area contributed by atoms with Gasteiger partial charge in [0, 0.05) is 25.4 Å². The molecule has 1 aliphatic heterocycles. The van der Waals surface area contributed by atoms with Gasteiger partial charge in [-0.3, -0.25) is 0 Å². The third-order valence-electron chi connectivity index (χ3n) is 3.08. The van der Waals surface area contributed by atoms with Crippen LogP contribution in [-0.4, -0.2) is 47.7 Å². The Morgan fingerprint density at radius 1 is 1.33 bits per heavy atom. The van der Waals surface area contributed by atoms with Crippen molar-refractivity contribution in [1.29, 1.82) is 0 Å². The fourth-order valence-corrected chi connectivity index (χ4v) is 2.16. The van der Waals surface area contributed by atoms with Gasteiger partial charge in [-0.25, -0.2) is 4.98 Å². The fraction of sp³-hybridized carbons (Fsp3) is 0.692. The van der Waals surface area contributed by atoms with Crippen molar-refractivity contribution in [3.63, 3.8) is 0 Å². The largest absolute Gasteiger partial charge is 0.478 e. The normalized spacial score (nSPS) is 16.5. The molecule has 1 aliphatic rings.